The number of carbonyl (C=O) groups is 2. The lowest BCUT2D eigenvalue weighted by Gasteiger charge is -2.23. The van der Waals surface area contributed by atoms with Gasteiger partial charge in [-0.15, -0.1) is 0 Å². The van der Waals surface area contributed by atoms with E-state index in [1.54, 1.807) is 0 Å². The molecule has 5 nitrogen and oxygen atoms in total. The average Bonchev–Trinajstić information content (AvgIpc) is 2.83. The number of amides is 2. The van der Waals surface area contributed by atoms with Gasteiger partial charge in [0.25, 0.3) is 0 Å². The number of hydrogen-bond acceptors (Lipinski definition) is 3. The maximum atomic E-state index is 12.0. The molecule has 3 N–H and O–H groups in total. The van der Waals surface area contributed by atoms with Crippen LogP contribution >= 0.6 is 0 Å². The van der Waals surface area contributed by atoms with Crippen molar-refractivity contribution in [3.8, 4) is 0 Å². The highest BCUT2D eigenvalue weighted by Gasteiger charge is 2.27. The average molecular weight is 273 g/mol. The molecule has 1 aromatic carbocycles. The molecule has 1 aliphatic carbocycles. The monoisotopic (exact) mass is 273 g/mol. The Balaban J connectivity index is 1.52. The quantitative estimate of drug-likeness (QED) is 0.711. The number of hydrogen-bond donors (Lipinski definition) is 3. The molecule has 1 fully saturated rings. The Hall–Kier alpha value is -1.88. The fourth-order valence-electron chi connectivity index (χ4n) is 2.95. The molecule has 0 spiro atoms. The molecule has 20 heavy (non-hydrogen) atoms. The number of fused-ring (bicyclic) bond motifs is 1. The molecule has 0 unspecified atom stereocenters. The zero-order valence-corrected chi connectivity index (χ0v) is 11.3. The van der Waals surface area contributed by atoms with Crippen LogP contribution < -0.4 is 16.0 Å². The van der Waals surface area contributed by atoms with E-state index >= 15 is 0 Å². The lowest BCUT2D eigenvalue weighted by molar-refractivity contribution is -0.129. The molecule has 1 atom stereocenters. The molecule has 1 aromatic rings. The summed E-state index contributed by atoms with van der Waals surface area (Å²) in [6.45, 7) is 1.35. The van der Waals surface area contributed by atoms with Gasteiger partial charge in [-0.05, 0) is 24.0 Å². The SMILES string of the molecule is O=C(C[C@@H]1NCCNC1=O)NC1Cc2ccccc2C1. The molecule has 106 valence electrons. The van der Waals surface area contributed by atoms with E-state index in [4.69, 9.17) is 0 Å². The van der Waals surface area contributed by atoms with Gasteiger partial charge in [0, 0.05) is 19.1 Å². The summed E-state index contributed by atoms with van der Waals surface area (Å²) in [6.07, 6.45) is 1.97. The molecule has 0 radical (unpaired) electrons. The van der Waals surface area contributed by atoms with Crippen LogP contribution in [-0.4, -0.2) is 37.0 Å². The molecule has 1 saturated heterocycles. The predicted octanol–water partition coefficient (Wildman–Crippen LogP) is -0.252. The first-order chi connectivity index (χ1) is 9.72. The molecule has 0 bridgehead atoms. The van der Waals surface area contributed by atoms with Crippen LogP contribution in [-0.2, 0) is 22.4 Å². The second-order valence-electron chi connectivity index (χ2n) is 5.44. The van der Waals surface area contributed by atoms with Crippen molar-refractivity contribution in [2.45, 2.75) is 31.3 Å². The molecular weight excluding hydrogens is 254 g/mol. The molecule has 1 aliphatic heterocycles. The van der Waals surface area contributed by atoms with E-state index in [1.807, 2.05) is 12.1 Å². The van der Waals surface area contributed by atoms with Gasteiger partial charge >= 0.3 is 0 Å². The third-order valence-corrected chi connectivity index (χ3v) is 3.94. The van der Waals surface area contributed by atoms with E-state index in [1.165, 1.54) is 11.1 Å². The van der Waals surface area contributed by atoms with E-state index in [-0.39, 0.29) is 24.3 Å². The standard InChI is InChI=1S/C15H19N3O2/c19-14(9-13-15(20)17-6-5-16-13)18-12-7-10-3-1-2-4-11(10)8-12/h1-4,12-13,16H,5-9H2,(H,17,20)(H,18,19)/t13-/m0/s1. The Morgan fingerprint density at radius 2 is 1.90 bits per heavy atom. The molecule has 3 rings (SSSR count). The van der Waals surface area contributed by atoms with Crippen molar-refractivity contribution in [1.82, 2.24) is 16.0 Å². The fourth-order valence-corrected chi connectivity index (χ4v) is 2.95. The van der Waals surface area contributed by atoms with Crippen LogP contribution in [0.2, 0.25) is 0 Å². The molecule has 0 aromatic heterocycles. The number of piperazine rings is 1. The highest BCUT2D eigenvalue weighted by atomic mass is 16.2. The second kappa shape index (κ2) is 5.63. The molecule has 2 amide bonds. The van der Waals surface area contributed by atoms with Crippen molar-refractivity contribution in [2.24, 2.45) is 0 Å². The highest BCUT2D eigenvalue weighted by Crippen LogP contribution is 2.21. The van der Waals surface area contributed by atoms with Gasteiger partial charge in [0.2, 0.25) is 11.8 Å². The molecule has 5 heteroatoms. The van der Waals surface area contributed by atoms with E-state index in [0.717, 1.165) is 19.4 Å². The minimum atomic E-state index is -0.396. The Labute approximate surface area is 118 Å². The van der Waals surface area contributed by atoms with Gasteiger partial charge in [0.1, 0.15) is 0 Å². The topological polar surface area (TPSA) is 70.2 Å². The summed E-state index contributed by atoms with van der Waals surface area (Å²) in [4.78, 5) is 23.6. The molecule has 0 saturated carbocycles. The fraction of sp³-hybridized carbons (Fsp3) is 0.467. The Kier molecular flexibility index (Phi) is 3.69. The molecule has 2 aliphatic rings. The first-order valence-electron chi connectivity index (χ1n) is 7.09. The summed E-state index contributed by atoms with van der Waals surface area (Å²) >= 11 is 0. The van der Waals surface area contributed by atoms with E-state index in [0.29, 0.717) is 6.54 Å². The second-order valence-corrected chi connectivity index (χ2v) is 5.44. The van der Waals surface area contributed by atoms with Crippen molar-refractivity contribution in [3.63, 3.8) is 0 Å². The summed E-state index contributed by atoms with van der Waals surface area (Å²) < 4.78 is 0. The maximum Gasteiger partial charge on any atom is 0.237 e. The van der Waals surface area contributed by atoms with E-state index in [9.17, 15) is 9.59 Å². The predicted molar refractivity (Wildman–Crippen MR) is 75.2 cm³/mol. The van der Waals surface area contributed by atoms with Crippen LogP contribution in [0.3, 0.4) is 0 Å². The lowest BCUT2D eigenvalue weighted by atomic mass is 10.1. The Bertz CT molecular complexity index is 505. The number of nitrogens with one attached hydrogen (secondary N) is 3. The summed E-state index contributed by atoms with van der Waals surface area (Å²) in [5.74, 6) is -0.140. The van der Waals surface area contributed by atoms with Crippen molar-refractivity contribution >= 4 is 11.8 Å². The highest BCUT2D eigenvalue weighted by molar-refractivity contribution is 5.88. The number of benzene rings is 1. The van der Waals surface area contributed by atoms with Gasteiger partial charge in [-0.1, -0.05) is 24.3 Å². The zero-order chi connectivity index (χ0) is 13.9. The minimum Gasteiger partial charge on any atom is -0.353 e. The first-order valence-corrected chi connectivity index (χ1v) is 7.09. The number of rotatable bonds is 3. The van der Waals surface area contributed by atoms with E-state index in [2.05, 4.69) is 28.1 Å². The molecular formula is C15H19N3O2. The van der Waals surface area contributed by atoms with Crippen molar-refractivity contribution in [3.05, 3.63) is 35.4 Å². The Morgan fingerprint density at radius 3 is 2.55 bits per heavy atom. The summed E-state index contributed by atoms with van der Waals surface area (Å²) in [7, 11) is 0. The van der Waals surface area contributed by atoms with Gasteiger partial charge in [-0.25, -0.2) is 0 Å². The third kappa shape index (κ3) is 2.82. The normalized spacial score (nSPS) is 22.2. The maximum absolute atomic E-state index is 12.0. The summed E-state index contributed by atoms with van der Waals surface area (Å²) in [6, 6.07) is 8.03. The van der Waals surface area contributed by atoms with Crippen molar-refractivity contribution in [2.75, 3.05) is 13.1 Å². The summed E-state index contributed by atoms with van der Waals surface area (Å²) in [5.41, 5.74) is 2.62. The van der Waals surface area contributed by atoms with Crippen LogP contribution in [0, 0.1) is 0 Å². The van der Waals surface area contributed by atoms with Crippen LogP contribution in [0.5, 0.6) is 0 Å². The van der Waals surface area contributed by atoms with E-state index < -0.39 is 6.04 Å². The van der Waals surface area contributed by atoms with Crippen molar-refractivity contribution in [1.29, 1.82) is 0 Å². The van der Waals surface area contributed by atoms with Crippen LogP contribution in [0.1, 0.15) is 17.5 Å². The largest absolute Gasteiger partial charge is 0.353 e. The van der Waals surface area contributed by atoms with Gasteiger partial charge < -0.3 is 16.0 Å². The van der Waals surface area contributed by atoms with Gasteiger partial charge in [0.15, 0.2) is 0 Å². The third-order valence-electron chi connectivity index (χ3n) is 3.94. The van der Waals surface area contributed by atoms with Gasteiger partial charge in [-0.3, -0.25) is 9.59 Å². The van der Waals surface area contributed by atoms with Crippen LogP contribution in [0.15, 0.2) is 24.3 Å². The lowest BCUT2D eigenvalue weighted by Crippen LogP contribution is -2.54. The van der Waals surface area contributed by atoms with Crippen LogP contribution in [0.25, 0.3) is 0 Å². The first kappa shape index (κ1) is 13.1. The van der Waals surface area contributed by atoms with Crippen LogP contribution in [0.4, 0.5) is 0 Å². The van der Waals surface area contributed by atoms with Gasteiger partial charge in [0.05, 0.1) is 12.5 Å². The summed E-state index contributed by atoms with van der Waals surface area (Å²) in [5, 5.41) is 8.87. The smallest absolute Gasteiger partial charge is 0.237 e. The van der Waals surface area contributed by atoms with Gasteiger partial charge in [-0.2, -0.15) is 0 Å². The number of carbonyl (C=O) groups excluding carboxylic acids is 2. The molecule has 1 heterocycles. The van der Waals surface area contributed by atoms with Crippen molar-refractivity contribution < 1.29 is 9.59 Å². The Morgan fingerprint density at radius 1 is 1.20 bits per heavy atom. The minimum absolute atomic E-state index is 0.0580. The zero-order valence-electron chi connectivity index (χ0n) is 11.3.